The van der Waals surface area contributed by atoms with Gasteiger partial charge in [-0.25, -0.2) is 4.39 Å². The minimum atomic E-state index is -0.253. The van der Waals surface area contributed by atoms with Crippen LogP contribution >= 0.6 is 0 Å². The van der Waals surface area contributed by atoms with Crippen molar-refractivity contribution in [3.63, 3.8) is 0 Å². The van der Waals surface area contributed by atoms with Crippen LogP contribution in [0.25, 0.3) is 0 Å². The molecule has 1 atom stereocenters. The molecule has 0 bridgehead atoms. The topological polar surface area (TPSA) is 35.2 Å². The highest BCUT2D eigenvalue weighted by Gasteiger charge is 2.12. The highest BCUT2D eigenvalue weighted by Crippen LogP contribution is 2.24. The van der Waals surface area contributed by atoms with Crippen molar-refractivity contribution in [2.75, 3.05) is 6.61 Å². The molecule has 3 heteroatoms. The molecule has 0 spiro atoms. The largest absolute Gasteiger partial charge is 0.494 e. The summed E-state index contributed by atoms with van der Waals surface area (Å²) in [5.41, 5.74) is 9.01. The maximum absolute atomic E-state index is 13.1. The molecule has 0 saturated heterocycles. The van der Waals surface area contributed by atoms with Crippen molar-refractivity contribution in [1.82, 2.24) is 0 Å². The van der Waals surface area contributed by atoms with Gasteiger partial charge in [0.1, 0.15) is 11.6 Å². The van der Waals surface area contributed by atoms with Crippen molar-refractivity contribution in [2.45, 2.75) is 19.9 Å². The third-order valence-corrected chi connectivity index (χ3v) is 3.12. The van der Waals surface area contributed by atoms with E-state index in [0.29, 0.717) is 6.61 Å². The Labute approximate surface area is 113 Å². The number of hydrogen-bond donors (Lipinski definition) is 1. The van der Waals surface area contributed by atoms with E-state index in [1.807, 2.05) is 38.1 Å². The molecular formula is C16H18FNO. The van der Waals surface area contributed by atoms with Crippen molar-refractivity contribution in [2.24, 2.45) is 5.73 Å². The summed E-state index contributed by atoms with van der Waals surface area (Å²) < 4.78 is 18.5. The molecule has 0 aromatic heterocycles. The molecule has 2 N–H and O–H groups in total. The summed E-state index contributed by atoms with van der Waals surface area (Å²) >= 11 is 0. The molecule has 0 amide bonds. The first kappa shape index (κ1) is 13.6. The Hall–Kier alpha value is -1.87. The molecule has 2 aromatic rings. The van der Waals surface area contributed by atoms with Crippen LogP contribution in [0.5, 0.6) is 5.75 Å². The molecule has 1 unspecified atom stereocenters. The Bertz CT molecular complexity index is 551. The van der Waals surface area contributed by atoms with Crippen LogP contribution in [0.3, 0.4) is 0 Å². The van der Waals surface area contributed by atoms with Crippen molar-refractivity contribution >= 4 is 0 Å². The summed E-state index contributed by atoms with van der Waals surface area (Å²) in [5, 5.41) is 0. The number of halogens is 1. The molecule has 100 valence electrons. The summed E-state index contributed by atoms with van der Waals surface area (Å²) in [6.07, 6.45) is 0. The zero-order chi connectivity index (χ0) is 13.8. The summed E-state index contributed by atoms with van der Waals surface area (Å²) in [6.45, 7) is 4.46. The highest BCUT2D eigenvalue weighted by atomic mass is 19.1. The van der Waals surface area contributed by atoms with Gasteiger partial charge in [-0.1, -0.05) is 18.2 Å². The normalized spacial score (nSPS) is 12.2. The van der Waals surface area contributed by atoms with Crippen LogP contribution in [-0.2, 0) is 0 Å². The second-order valence-corrected chi connectivity index (χ2v) is 4.48. The Kier molecular flexibility index (Phi) is 4.17. The highest BCUT2D eigenvalue weighted by molar-refractivity contribution is 5.38. The lowest BCUT2D eigenvalue weighted by atomic mass is 9.96. The van der Waals surface area contributed by atoms with E-state index in [4.69, 9.17) is 10.5 Å². The van der Waals surface area contributed by atoms with Crippen LogP contribution < -0.4 is 10.5 Å². The predicted molar refractivity (Wildman–Crippen MR) is 74.8 cm³/mol. The fourth-order valence-corrected chi connectivity index (χ4v) is 2.11. The number of benzene rings is 2. The molecule has 0 aliphatic rings. The van der Waals surface area contributed by atoms with E-state index in [2.05, 4.69) is 0 Å². The molecular weight excluding hydrogens is 241 g/mol. The summed E-state index contributed by atoms with van der Waals surface area (Å²) in [5.74, 6) is 0.592. The van der Waals surface area contributed by atoms with Gasteiger partial charge in [0.25, 0.3) is 0 Å². The quantitative estimate of drug-likeness (QED) is 0.910. The van der Waals surface area contributed by atoms with E-state index < -0.39 is 0 Å². The first-order valence-electron chi connectivity index (χ1n) is 6.36. The molecule has 0 radical (unpaired) electrons. The Balaban J connectivity index is 2.25. The van der Waals surface area contributed by atoms with E-state index in [1.165, 1.54) is 12.1 Å². The van der Waals surface area contributed by atoms with Gasteiger partial charge in [0.05, 0.1) is 12.6 Å². The van der Waals surface area contributed by atoms with Crippen LogP contribution in [0.1, 0.15) is 29.7 Å². The Morgan fingerprint density at radius 3 is 2.42 bits per heavy atom. The van der Waals surface area contributed by atoms with Gasteiger partial charge in [-0.2, -0.15) is 0 Å². The van der Waals surface area contributed by atoms with Crippen LogP contribution in [0.4, 0.5) is 4.39 Å². The van der Waals surface area contributed by atoms with Crippen LogP contribution in [-0.4, -0.2) is 6.61 Å². The van der Waals surface area contributed by atoms with E-state index >= 15 is 0 Å². The molecule has 0 heterocycles. The van der Waals surface area contributed by atoms with Gasteiger partial charge in [0, 0.05) is 0 Å². The van der Waals surface area contributed by atoms with Gasteiger partial charge in [0.15, 0.2) is 0 Å². The van der Waals surface area contributed by atoms with Gasteiger partial charge < -0.3 is 10.5 Å². The summed E-state index contributed by atoms with van der Waals surface area (Å²) in [7, 11) is 0. The van der Waals surface area contributed by atoms with Gasteiger partial charge in [-0.05, 0) is 54.8 Å². The van der Waals surface area contributed by atoms with Gasteiger partial charge in [-0.3, -0.25) is 0 Å². The third kappa shape index (κ3) is 3.12. The average molecular weight is 259 g/mol. The van der Waals surface area contributed by atoms with Gasteiger partial charge >= 0.3 is 0 Å². The first-order valence-corrected chi connectivity index (χ1v) is 6.36. The lowest BCUT2D eigenvalue weighted by molar-refractivity contribution is 0.340. The van der Waals surface area contributed by atoms with Crippen molar-refractivity contribution < 1.29 is 9.13 Å². The monoisotopic (exact) mass is 259 g/mol. The zero-order valence-corrected chi connectivity index (χ0v) is 11.2. The SMILES string of the molecule is CCOc1ccc(C(N)c2ccc(F)cc2C)cc1. The number of rotatable bonds is 4. The molecule has 2 nitrogen and oxygen atoms in total. The van der Waals surface area contributed by atoms with Crippen LogP contribution in [0, 0.1) is 12.7 Å². The van der Waals surface area contributed by atoms with Crippen LogP contribution in [0.15, 0.2) is 42.5 Å². The molecule has 19 heavy (non-hydrogen) atoms. The van der Waals surface area contributed by atoms with E-state index in [0.717, 1.165) is 22.4 Å². The molecule has 2 aromatic carbocycles. The van der Waals surface area contributed by atoms with Crippen molar-refractivity contribution in [3.05, 3.63) is 65.0 Å². The minimum Gasteiger partial charge on any atom is -0.494 e. The number of ether oxygens (including phenoxy) is 1. The number of aryl methyl sites for hydroxylation is 1. The van der Waals surface area contributed by atoms with Gasteiger partial charge in [0.2, 0.25) is 0 Å². The Morgan fingerprint density at radius 2 is 1.84 bits per heavy atom. The number of hydrogen-bond acceptors (Lipinski definition) is 2. The standard InChI is InChI=1S/C16H18FNO/c1-3-19-14-7-4-12(5-8-14)16(18)15-9-6-13(17)10-11(15)2/h4-10,16H,3,18H2,1-2H3. The fourth-order valence-electron chi connectivity index (χ4n) is 2.11. The summed E-state index contributed by atoms with van der Waals surface area (Å²) in [6, 6.07) is 12.1. The smallest absolute Gasteiger partial charge is 0.123 e. The molecule has 0 saturated carbocycles. The fraction of sp³-hybridized carbons (Fsp3) is 0.250. The van der Waals surface area contributed by atoms with Crippen molar-refractivity contribution in [3.8, 4) is 5.75 Å². The first-order chi connectivity index (χ1) is 9.11. The van der Waals surface area contributed by atoms with Gasteiger partial charge in [-0.15, -0.1) is 0 Å². The maximum atomic E-state index is 13.1. The van der Waals surface area contributed by atoms with Crippen LogP contribution in [0.2, 0.25) is 0 Å². The molecule has 2 rings (SSSR count). The minimum absolute atomic E-state index is 0.236. The predicted octanol–water partition coefficient (Wildman–Crippen LogP) is 3.58. The molecule has 0 aliphatic heterocycles. The molecule has 0 aliphatic carbocycles. The molecule has 0 fully saturated rings. The lowest BCUT2D eigenvalue weighted by Gasteiger charge is -2.15. The van der Waals surface area contributed by atoms with E-state index in [1.54, 1.807) is 6.07 Å². The van der Waals surface area contributed by atoms with E-state index in [9.17, 15) is 4.39 Å². The average Bonchev–Trinajstić information content (AvgIpc) is 2.39. The third-order valence-electron chi connectivity index (χ3n) is 3.12. The second-order valence-electron chi connectivity index (χ2n) is 4.48. The summed E-state index contributed by atoms with van der Waals surface area (Å²) in [4.78, 5) is 0. The van der Waals surface area contributed by atoms with Crippen molar-refractivity contribution in [1.29, 1.82) is 0 Å². The second kappa shape index (κ2) is 5.85. The number of nitrogens with two attached hydrogens (primary N) is 1. The Morgan fingerprint density at radius 1 is 1.16 bits per heavy atom. The maximum Gasteiger partial charge on any atom is 0.123 e. The van der Waals surface area contributed by atoms with E-state index in [-0.39, 0.29) is 11.9 Å². The zero-order valence-electron chi connectivity index (χ0n) is 11.2. The lowest BCUT2D eigenvalue weighted by Crippen LogP contribution is -2.13.